The van der Waals surface area contributed by atoms with Crippen LogP contribution in [0.3, 0.4) is 0 Å². The number of anilines is 2. The number of para-hydroxylation sites is 1. The maximum Gasteiger partial charge on any atom is 0.339 e. The third kappa shape index (κ3) is 3.66. The third-order valence-corrected chi connectivity index (χ3v) is 3.93. The minimum absolute atomic E-state index is 0.186. The van der Waals surface area contributed by atoms with Gasteiger partial charge in [0.25, 0.3) is 5.91 Å². The van der Waals surface area contributed by atoms with E-state index in [1.54, 1.807) is 36.4 Å². The fourth-order valence-corrected chi connectivity index (χ4v) is 2.65. The molecule has 0 aromatic heterocycles. The van der Waals surface area contributed by atoms with E-state index in [0.29, 0.717) is 17.1 Å². The normalized spacial score (nSPS) is 15.3. The van der Waals surface area contributed by atoms with E-state index in [1.165, 1.54) is 7.11 Å². The molecule has 1 atom stereocenters. The zero-order valence-corrected chi connectivity index (χ0v) is 14.4. The summed E-state index contributed by atoms with van der Waals surface area (Å²) in [7, 11) is 1.26. The zero-order chi connectivity index (χ0) is 18.7. The Kier molecular flexibility index (Phi) is 4.88. The maximum atomic E-state index is 12.3. The molecule has 1 heterocycles. The van der Waals surface area contributed by atoms with Crippen LogP contribution >= 0.6 is 0 Å². The Morgan fingerprint density at radius 1 is 1.23 bits per heavy atom. The van der Waals surface area contributed by atoms with Gasteiger partial charge in [0, 0.05) is 0 Å². The lowest BCUT2D eigenvalue weighted by Gasteiger charge is -2.25. The predicted octanol–water partition coefficient (Wildman–Crippen LogP) is 2.51. The molecule has 0 bridgehead atoms. The Morgan fingerprint density at radius 3 is 2.77 bits per heavy atom. The van der Waals surface area contributed by atoms with Crippen molar-refractivity contribution in [2.24, 2.45) is 0 Å². The Bertz CT molecular complexity index is 878. The number of fused-ring (bicyclic) bond motifs is 1. The molecule has 7 nitrogen and oxygen atoms in total. The largest absolute Gasteiger partial charge is 0.478 e. The van der Waals surface area contributed by atoms with Gasteiger partial charge in [0.15, 0.2) is 6.10 Å². The number of benzene rings is 2. The van der Waals surface area contributed by atoms with Crippen LogP contribution < -0.4 is 15.4 Å². The van der Waals surface area contributed by atoms with Crippen molar-refractivity contribution in [3.63, 3.8) is 0 Å². The van der Waals surface area contributed by atoms with Gasteiger partial charge in [0.1, 0.15) is 5.75 Å². The van der Waals surface area contributed by atoms with Gasteiger partial charge < -0.3 is 20.1 Å². The van der Waals surface area contributed by atoms with Gasteiger partial charge in [0.05, 0.1) is 30.5 Å². The molecular weight excluding hydrogens is 336 g/mol. The molecule has 0 aliphatic carbocycles. The monoisotopic (exact) mass is 354 g/mol. The SMILES string of the molecule is COC(=O)c1ccccc1NC(=O)C[C@@H]1Oc2ccc(C)cc2NC1=O. The zero-order valence-electron chi connectivity index (χ0n) is 14.4. The van der Waals surface area contributed by atoms with E-state index in [2.05, 4.69) is 10.6 Å². The maximum absolute atomic E-state index is 12.3. The summed E-state index contributed by atoms with van der Waals surface area (Å²) < 4.78 is 10.3. The van der Waals surface area contributed by atoms with Crippen molar-refractivity contribution in [1.29, 1.82) is 0 Å². The Morgan fingerprint density at radius 2 is 2.00 bits per heavy atom. The molecule has 2 aromatic rings. The summed E-state index contributed by atoms with van der Waals surface area (Å²) in [6, 6.07) is 11.9. The molecule has 7 heteroatoms. The molecule has 2 amide bonds. The van der Waals surface area contributed by atoms with Crippen molar-refractivity contribution in [1.82, 2.24) is 0 Å². The Hall–Kier alpha value is -3.35. The molecule has 0 fully saturated rings. The number of carbonyl (C=O) groups is 3. The van der Waals surface area contributed by atoms with E-state index >= 15 is 0 Å². The lowest BCUT2D eigenvalue weighted by Crippen LogP contribution is -2.39. The number of carbonyl (C=O) groups excluding carboxylic acids is 3. The molecule has 2 N–H and O–H groups in total. The smallest absolute Gasteiger partial charge is 0.339 e. The summed E-state index contributed by atoms with van der Waals surface area (Å²) in [5.41, 5.74) is 2.13. The first kappa shape index (κ1) is 17.5. The fourth-order valence-electron chi connectivity index (χ4n) is 2.65. The van der Waals surface area contributed by atoms with Crippen molar-refractivity contribution in [2.75, 3.05) is 17.7 Å². The average Bonchev–Trinajstić information content (AvgIpc) is 2.62. The van der Waals surface area contributed by atoms with Crippen molar-refractivity contribution < 1.29 is 23.9 Å². The predicted molar refractivity (Wildman–Crippen MR) is 95.3 cm³/mol. The second kappa shape index (κ2) is 7.26. The third-order valence-electron chi connectivity index (χ3n) is 3.93. The highest BCUT2D eigenvalue weighted by molar-refractivity contribution is 6.04. The minimum atomic E-state index is -0.949. The first-order chi connectivity index (χ1) is 12.5. The van der Waals surface area contributed by atoms with Crippen LogP contribution in [0.2, 0.25) is 0 Å². The summed E-state index contributed by atoms with van der Waals surface area (Å²) in [6.07, 6.45) is -1.13. The van der Waals surface area contributed by atoms with Gasteiger partial charge in [-0.2, -0.15) is 0 Å². The van der Waals surface area contributed by atoms with Crippen LogP contribution in [0.5, 0.6) is 5.75 Å². The van der Waals surface area contributed by atoms with E-state index < -0.39 is 18.0 Å². The van der Waals surface area contributed by atoms with Crippen LogP contribution in [-0.2, 0) is 14.3 Å². The number of hydrogen-bond donors (Lipinski definition) is 2. The number of esters is 1. The molecule has 3 rings (SSSR count). The molecule has 0 spiro atoms. The lowest BCUT2D eigenvalue weighted by atomic mass is 10.1. The topological polar surface area (TPSA) is 93.7 Å². The highest BCUT2D eigenvalue weighted by Gasteiger charge is 2.30. The van der Waals surface area contributed by atoms with Crippen LogP contribution in [0.25, 0.3) is 0 Å². The molecule has 2 aromatic carbocycles. The fraction of sp³-hybridized carbons (Fsp3) is 0.211. The number of amides is 2. The quantitative estimate of drug-likeness (QED) is 0.823. The number of hydrogen-bond acceptors (Lipinski definition) is 5. The molecule has 26 heavy (non-hydrogen) atoms. The summed E-state index contributed by atoms with van der Waals surface area (Å²) in [5.74, 6) is -0.878. The minimum Gasteiger partial charge on any atom is -0.478 e. The van der Waals surface area contributed by atoms with Gasteiger partial charge in [0.2, 0.25) is 5.91 Å². The second-order valence-corrected chi connectivity index (χ2v) is 5.88. The van der Waals surface area contributed by atoms with Gasteiger partial charge >= 0.3 is 5.97 Å². The molecule has 0 radical (unpaired) electrons. The van der Waals surface area contributed by atoms with Crippen molar-refractivity contribution in [3.8, 4) is 5.75 Å². The Balaban J connectivity index is 1.70. The molecule has 134 valence electrons. The van der Waals surface area contributed by atoms with Gasteiger partial charge in [-0.3, -0.25) is 9.59 Å². The van der Waals surface area contributed by atoms with E-state index in [0.717, 1.165) is 5.56 Å². The number of aryl methyl sites for hydroxylation is 1. The van der Waals surface area contributed by atoms with Gasteiger partial charge in [-0.05, 0) is 36.8 Å². The van der Waals surface area contributed by atoms with E-state index in [4.69, 9.17) is 9.47 Å². The lowest BCUT2D eigenvalue weighted by molar-refractivity contribution is -0.128. The number of ether oxygens (including phenoxy) is 2. The van der Waals surface area contributed by atoms with Crippen LogP contribution in [0.4, 0.5) is 11.4 Å². The average molecular weight is 354 g/mol. The van der Waals surface area contributed by atoms with Crippen LogP contribution in [0, 0.1) is 6.92 Å². The van der Waals surface area contributed by atoms with Gasteiger partial charge in [-0.15, -0.1) is 0 Å². The van der Waals surface area contributed by atoms with Crippen molar-refractivity contribution >= 4 is 29.2 Å². The number of rotatable bonds is 4. The summed E-state index contributed by atoms with van der Waals surface area (Å²) >= 11 is 0. The van der Waals surface area contributed by atoms with Crippen molar-refractivity contribution in [2.45, 2.75) is 19.4 Å². The standard InChI is InChI=1S/C19H18N2O5/c1-11-7-8-15-14(9-11)21-18(23)16(26-15)10-17(22)20-13-6-4-3-5-12(13)19(24)25-2/h3-9,16H,10H2,1-2H3,(H,20,22)(H,21,23)/t16-/m0/s1. The van der Waals surface area contributed by atoms with E-state index in [1.807, 2.05) is 13.0 Å². The molecule has 0 saturated carbocycles. The van der Waals surface area contributed by atoms with E-state index in [9.17, 15) is 14.4 Å². The molecule has 0 saturated heterocycles. The first-order valence-corrected chi connectivity index (χ1v) is 8.03. The molecular formula is C19H18N2O5. The number of methoxy groups -OCH3 is 1. The van der Waals surface area contributed by atoms with Crippen molar-refractivity contribution in [3.05, 3.63) is 53.6 Å². The second-order valence-electron chi connectivity index (χ2n) is 5.88. The molecule has 1 aliphatic heterocycles. The first-order valence-electron chi connectivity index (χ1n) is 8.03. The number of nitrogens with one attached hydrogen (secondary N) is 2. The van der Waals surface area contributed by atoms with Crippen LogP contribution in [-0.4, -0.2) is 31.0 Å². The highest BCUT2D eigenvalue weighted by Crippen LogP contribution is 2.31. The summed E-state index contributed by atoms with van der Waals surface area (Å²) in [6.45, 7) is 1.91. The van der Waals surface area contributed by atoms with Crippen LogP contribution in [0.1, 0.15) is 22.3 Å². The molecule has 0 unspecified atom stereocenters. The summed E-state index contributed by atoms with van der Waals surface area (Å²) in [4.78, 5) is 36.3. The highest BCUT2D eigenvalue weighted by atomic mass is 16.5. The van der Waals surface area contributed by atoms with E-state index in [-0.39, 0.29) is 17.9 Å². The van der Waals surface area contributed by atoms with Gasteiger partial charge in [-0.1, -0.05) is 18.2 Å². The van der Waals surface area contributed by atoms with Crippen LogP contribution in [0.15, 0.2) is 42.5 Å². The summed E-state index contributed by atoms with van der Waals surface area (Å²) in [5, 5.41) is 5.37. The molecule has 1 aliphatic rings. The Labute approximate surface area is 150 Å². The van der Waals surface area contributed by atoms with Gasteiger partial charge in [-0.25, -0.2) is 4.79 Å².